The lowest BCUT2D eigenvalue weighted by Gasteiger charge is -2.22. The number of hydrogen-bond acceptors (Lipinski definition) is 0. The highest BCUT2D eigenvalue weighted by Crippen LogP contribution is 2.48. The standard InChI is InChI=1S/C19H20/c1-13-9-5-6-10-15(13)18-14(2)19(3,4)17-12-8-7-11-16(17)18/h5-12H,1-4H3. The van der Waals surface area contributed by atoms with Gasteiger partial charge in [-0.3, -0.25) is 0 Å². The van der Waals surface area contributed by atoms with Gasteiger partial charge in [0, 0.05) is 5.41 Å². The Hall–Kier alpha value is -1.82. The zero-order chi connectivity index (χ0) is 13.6. The van der Waals surface area contributed by atoms with E-state index in [9.17, 15) is 0 Å². The van der Waals surface area contributed by atoms with Crippen LogP contribution in [0.2, 0.25) is 0 Å². The Labute approximate surface area is 115 Å². The van der Waals surface area contributed by atoms with Crippen molar-refractivity contribution in [2.45, 2.75) is 33.1 Å². The minimum Gasteiger partial charge on any atom is -0.0620 e. The first-order valence-corrected chi connectivity index (χ1v) is 6.90. The van der Waals surface area contributed by atoms with Crippen molar-refractivity contribution in [1.82, 2.24) is 0 Å². The molecule has 0 nitrogen and oxygen atoms in total. The molecule has 3 rings (SSSR count). The minimum atomic E-state index is 0.133. The van der Waals surface area contributed by atoms with Crippen molar-refractivity contribution in [3.05, 3.63) is 76.4 Å². The van der Waals surface area contributed by atoms with Crippen LogP contribution in [-0.2, 0) is 5.41 Å². The average molecular weight is 248 g/mol. The van der Waals surface area contributed by atoms with Crippen molar-refractivity contribution >= 4 is 5.57 Å². The lowest BCUT2D eigenvalue weighted by molar-refractivity contribution is 0.639. The molecule has 0 heterocycles. The van der Waals surface area contributed by atoms with Gasteiger partial charge in [-0.2, -0.15) is 0 Å². The average Bonchev–Trinajstić information content (AvgIpc) is 2.60. The summed E-state index contributed by atoms with van der Waals surface area (Å²) in [7, 11) is 0. The van der Waals surface area contributed by atoms with Crippen molar-refractivity contribution in [3.63, 3.8) is 0 Å². The fraction of sp³-hybridized carbons (Fsp3) is 0.263. The number of aryl methyl sites for hydroxylation is 1. The molecule has 0 spiro atoms. The van der Waals surface area contributed by atoms with Gasteiger partial charge in [-0.25, -0.2) is 0 Å². The summed E-state index contributed by atoms with van der Waals surface area (Å²) in [5.41, 5.74) is 8.61. The highest BCUT2D eigenvalue weighted by Gasteiger charge is 2.35. The van der Waals surface area contributed by atoms with Gasteiger partial charge < -0.3 is 0 Å². The van der Waals surface area contributed by atoms with E-state index in [4.69, 9.17) is 0 Å². The van der Waals surface area contributed by atoms with Crippen molar-refractivity contribution < 1.29 is 0 Å². The fourth-order valence-corrected chi connectivity index (χ4v) is 3.16. The second-order valence-corrected chi connectivity index (χ2v) is 5.99. The predicted molar refractivity (Wildman–Crippen MR) is 82.3 cm³/mol. The zero-order valence-corrected chi connectivity index (χ0v) is 12.1. The molecule has 1 aliphatic carbocycles. The molecular weight excluding hydrogens is 228 g/mol. The first kappa shape index (κ1) is 12.2. The molecule has 0 bridgehead atoms. The number of hydrogen-bond donors (Lipinski definition) is 0. The van der Waals surface area contributed by atoms with Crippen molar-refractivity contribution in [2.24, 2.45) is 0 Å². The molecule has 0 N–H and O–H groups in total. The van der Waals surface area contributed by atoms with Gasteiger partial charge in [0.1, 0.15) is 0 Å². The predicted octanol–water partition coefficient (Wildman–Crippen LogP) is 5.11. The zero-order valence-electron chi connectivity index (χ0n) is 12.1. The smallest absolute Gasteiger partial charge is 0.0118 e. The number of benzene rings is 2. The third-order valence-electron chi connectivity index (χ3n) is 4.60. The first-order chi connectivity index (χ1) is 9.03. The highest BCUT2D eigenvalue weighted by molar-refractivity contribution is 5.90. The normalized spacial score (nSPS) is 16.6. The van der Waals surface area contributed by atoms with E-state index in [1.807, 2.05) is 0 Å². The van der Waals surface area contributed by atoms with Crippen LogP contribution in [-0.4, -0.2) is 0 Å². The topological polar surface area (TPSA) is 0 Å². The molecule has 0 aliphatic heterocycles. The van der Waals surface area contributed by atoms with Gasteiger partial charge in [0.15, 0.2) is 0 Å². The van der Waals surface area contributed by atoms with Crippen LogP contribution in [0, 0.1) is 6.92 Å². The van der Waals surface area contributed by atoms with Gasteiger partial charge >= 0.3 is 0 Å². The number of allylic oxidation sites excluding steroid dienone is 1. The molecule has 0 heteroatoms. The Morgan fingerprint density at radius 3 is 2.00 bits per heavy atom. The summed E-state index contributed by atoms with van der Waals surface area (Å²) in [4.78, 5) is 0. The van der Waals surface area contributed by atoms with Gasteiger partial charge in [-0.05, 0) is 41.7 Å². The molecule has 0 amide bonds. The largest absolute Gasteiger partial charge is 0.0620 e. The van der Waals surface area contributed by atoms with Crippen LogP contribution in [0.25, 0.3) is 5.57 Å². The van der Waals surface area contributed by atoms with E-state index >= 15 is 0 Å². The van der Waals surface area contributed by atoms with Crippen LogP contribution < -0.4 is 0 Å². The molecule has 0 radical (unpaired) electrons. The van der Waals surface area contributed by atoms with E-state index in [1.165, 1.54) is 33.4 Å². The second-order valence-electron chi connectivity index (χ2n) is 5.99. The number of rotatable bonds is 1. The van der Waals surface area contributed by atoms with Crippen molar-refractivity contribution in [2.75, 3.05) is 0 Å². The third-order valence-corrected chi connectivity index (χ3v) is 4.60. The monoisotopic (exact) mass is 248 g/mol. The summed E-state index contributed by atoms with van der Waals surface area (Å²) in [6.45, 7) is 9.13. The molecule has 0 fully saturated rings. The summed E-state index contributed by atoms with van der Waals surface area (Å²) in [5, 5.41) is 0. The van der Waals surface area contributed by atoms with E-state index in [0.29, 0.717) is 0 Å². The third kappa shape index (κ3) is 1.67. The molecular formula is C19H20. The molecule has 2 aromatic rings. The van der Waals surface area contributed by atoms with Crippen LogP contribution in [0.5, 0.6) is 0 Å². The Bertz CT molecular complexity index is 672. The van der Waals surface area contributed by atoms with E-state index < -0.39 is 0 Å². The molecule has 1 aliphatic rings. The molecule has 0 unspecified atom stereocenters. The highest BCUT2D eigenvalue weighted by atomic mass is 14.4. The Morgan fingerprint density at radius 1 is 0.737 bits per heavy atom. The van der Waals surface area contributed by atoms with E-state index in [-0.39, 0.29) is 5.41 Å². The second kappa shape index (κ2) is 4.09. The van der Waals surface area contributed by atoms with Crippen molar-refractivity contribution in [1.29, 1.82) is 0 Å². The molecule has 0 aromatic heterocycles. The summed E-state index contributed by atoms with van der Waals surface area (Å²) < 4.78 is 0. The maximum absolute atomic E-state index is 2.33. The van der Waals surface area contributed by atoms with Crippen LogP contribution in [0.3, 0.4) is 0 Å². The van der Waals surface area contributed by atoms with Crippen LogP contribution >= 0.6 is 0 Å². The fourth-order valence-electron chi connectivity index (χ4n) is 3.16. The van der Waals surface area contributed by atoms with Gasteiger partial charge in [0.25, 0.3) is 0 Å². The van der Waals surface area contributed by atoms with E-state index in [0.717, 1.165) is 0 Å². The van der Waals surface area contributed by atoms with Crippen LogP contribution in [0.15, 0.2) is 54.1 Å². The Morgan fingerprint density at radius 2 is 1.32 bits per heavy atom. The van der Waals surface area contributed by atoms with Gasteiger partial charge in [-0.1, -0.05) is 68.0 Å². The first-order valence-electron chi connectivity index (χ1n) is 6.90. The molecule has 2 aromatic carbocycles. The number of fused-ring (bicyclic) bond motifs is 1. The van der Waals surface area contributed by atoms with Crippen LogP contribution in [0.4, 0.5) is 0 Å². The quantitative estimate of drug-likeness (QED) is 0.658. The van der Waals surface area contributed by atoms with Crippen molar-refractivity contribution in [3.8, 4) is 0 Å². The summed E-state index contributed by atoms with van der Waals surface area (Å²) in [6.07, 6.45) is 0. The van der Waals surface area contributed by atoms with E-state index in [2.05, 4.69) is 76.2 Å². The molecule has 0 atom stereocenters. The minimum absolute atomic E-state index is 0.133. The maximum atomic E-state index is 2.33. The summed E-state index contributed by atoms with van der Waals surface area (Å²) >= 11 is 0. The van der Waals surface area contributed by atoms with Gasteiger partial charge in [-0.15, -0.1) is 0 Å². The maximum Gasteiger partial charge on any atom is 0.0118 e. The SMILES string of the molecule is CC1=C(c2ccccc2C)c2ccccc2C1(C)C. The lowest BCUT2D eigenvalue weighted by Crippen LogP contribution is -2.15. The Kier molecular flexibility index (Phi) is 2.63. The summed E-state index contributed by atoms with van der Waals surface area (Å²) in [6, 6.07) is 17.5. The molecule has 0 saturated heterocycles. The van der Waals surface area contributed by atoms with Gasteiger partial charge in [0.05, 0.1) is 0 Å². The van der Waals surface area contributed by atoms with E-state index in [1.54, 1.807) is 0 Å². The van der Waals surface area contributed by atoms with Gasteiger partial charge in [0.2, 0.25) is 0 Å². The lowest BCUT2D eigenvalue weighted by atomic mass is 9.82. The molecule has 96 valence electrons. The summed E-state index contributed by atoms with van der Waals surface area (Å²) in [5.74, 6) is 0. The molecule has 0 saturated carbocycles. The molecule has 19 heavy (non-hydrogen) atoms. The van der Waals surface area contributed by atoms with Crippen LogP contribution in [0.1, 0.15) is 43.0 Å². The Balaban J connectivity index is 2.33.